The number of nitrogens with zero attached hydrogens (tertiary/aromatic N) is 4. The fraction of sp³-hybridized carbons (Fsp3) is 0.462. The van der Waals surface area contributed by atoms with Crippen molar-refractivity contribution >= 4 is 17.4 Å². The molecule has 1 saturated heterocycles. The van der Waals surface area contributed by atoms with E-state index in [9.17, 15) is 9.90 Å². The van der Waals surface area contributed by atoms with Crippen molar-refractivity contribution in [1.29, 1.82) is 0 Å². The molecule has 0 saturated carbocycles. The van der Waals surface area contributed by atoms with Gasteiger partial charge in [0.1, 0.15) is 5.82 Å². The van der Waals surface area contributed by atoms with Gasteiger partial charge < -0.3 is 15.3 Å². The second-order valence-corrected chi connectivity index (χ2v) is 5.03. The van der Waals surface area contributed by atoms with E-state index in [-0.39, 0.29) is 11.8 Å². The van der Waals surface area contributed by atoms with E-state index >= 15 is 0 Å². The Hall–Kier alpha value is -2.15. The first kappa shape index (κ1) is 12.9. The molecular formula is C13H17N5O2. The van der Waals surface area contributed by atoms with Crippen LogP contribution in [0.25, 0.3) is 5.65 Å². The summed E-state index contributed by atoms with van der Waals surface area (Å²) in [5.41, 5.74) is 0.770. The molecule has 3 rings (SSSR count). The maximum atomic E-state index is 11.4. The minimum Gasteiger partial charge on any atom is -0.391 e. The lowest BCUT2D eigenvalue weighted by molar-refractivity contribution is -0.122. The van der Waals surface area contributed by atoms with E-state index in [1.165, 1.54) is 0 Å². The molecule has 2 atom stereocenters. The SMILES string of the molecule is CNC(=O)C[C@@H]1CN(c2ccn3nccc3n2)C[C@H]1O. The Kier molecular flexibility index (Phi) is 3.27. The van der Waals surface area contributed by atoms with Crippen molar-refractivity contribution in [2.75, 3.05) is 25.0 Å². The molecule has 0 bridgehead atoms. The summed E-state index contributed by atoms with van der Waals surface area (Å²) in [4.78, 5) is 17.9. The van der Waals surface area contributed by atoms with Gasteiger partial charge in [-0.15, -0.1) is 0 Å². The summed E-state index contributed by atoms with van der Waals surface area (Å²) in [6, 6.07) is 3.70. The molecule has 1 aliphatic heterocycles. The Bertz CT molecular complexity index is 626. The van der Waals surface area contributed by atoms with Crippen LogP contribution < -0.4 is 10.2 Å². The van der Waals surface area contributed by atoms with E-state index in [1.807, 2.05) is 23.2 Å². The number of hydrogen-bond donors (Lipinski definition) is 2. The summed E-state index contributed by atoms with van der Waals surface area (Å²) in [6.45, 7) is 1.13. The van der Waals surface area contributed by atoms with Crippen LogP contribution in [0.3, 0.4) is 0 Å². The molecule has 0 spiro atoms. The van der Waals surface area contributed by atoms with Crippen LogP contribution >= 0.6 is 0 Å². The number of fused-ring (bicyclic) bond motifs is 1. The summed E-state index contributed by atoms with van der Waals surface area (Å²) in [5, 5.41) is 16.8. The van der Waals surface area contributed by atoms with Crippen LogP contribution in [0.2, 0.25) is 0 Å². The van der Waals surface area contributed by atoms with Crippen molar-refractivity contribution < 1.29 is 9.90 Å². The number of nitrogens with one attached hydrogen (secondary N) is 1. The molecule has 1 fully saturated rings. The van der Waals surface area contributed by atoms with Gasteiger partial charge in [0.05, 0.1) is 12.3 Å². The van der Waals surface area contributed by atoms with Crippen LogP contribution in [-0.2, 0) is 4.79 Å². The van der Waals surface area contributed by atoms with Gasteiger partial charge in [-0.2, -0.15) is 5.10 Å². The number of aliphatic hydroxyl groups excluding tert-OH is 1. The smallest absolute Gasteiger partial charge is 0.220 e. The average molecular weight is 275 g/mol. The number of carbonyl (C=O) groups excluding carboxylic acids is 1. The number of hydrogen-bond acceptors (Lipinski definition) is 5. The Morgan fingerprint density at radius 3 is 3.15 bits per heavy atom. The van der Waals surface area contributed by atoms with Gasteiger partial charge in [-0.25, -0.2) is 9.50 Å². The summed E-state index contributed by atoms with van der Waals surface area (Å²) < 4.78 is 1.69. The molecule has 1 amide bonds. The molecule has 3 heterocycles. The van der Waals surface area contributed by atoms with Crippen LogP contribution in [0.5, 0.6) is 0 Å². The maximum Gasteiger partial charge on any atom is 0.220 e. The normalized spacial score (nSPS) is 22.4. The second kappa shape index (κ2) is 5.09. The molecule has 2 aromatic heterocycles. The van der Waals surface area contributed by atoms with Crippen molar-refractivity contribution in [3.63, 3.8) is 0 Å². The number of β-amino-alcohol motifs (C(OH)–C–C–N with tert-alkyl or cyclic N) is 1. The van der Waals surface area contributed by atoms with Gasteiger partial charge in [-0.3, -0.25) is 4.79 Å². The highest BCUT2D eigenvalue weighted by Crippen LogP contribution is 2.25. The van der Waals surface area contributed by atoms with Crippen LogP contribution in [0.15, 0.2) is 24.5 Å². The fourth-order valence-electron chi connectivity index (χ4n) is 2.56. The van der Waals surface area contributed by atoms with Gasteiger partial charge in [0.25, 0.3) is 0 Å². The Labute approximate surface area is 116 Å². The molecule has 0 aromatic carbocycles. The standard InChI is InChI=1S/C13H17N5O2/c1-14-13(20)6-9-7-17(8-10(9)19)11-3-5-18-12(16-11)2-4-15-18/h2-5,9-10,19H,6-8H2,1H3,(H,14,20)/t9-,10-/m1/s1. The van der Waals surface area contributed by atoms with Crippen molar-refractivity contribution in [2.45, 2.75) is 12.5 Å². The topological polar surface area (TPSA) is 82.8 Å². The second-order valence-electron chi connectivity index (χ2n) is 5.03. The Morgan fingerprint density at radius 2 is 2.35 bits per heavy atom. The van der Waals surface area contributed by atoms with Crippen molar-refractivity contribution in [3.05, 3.63) is 24.5 Å². The van der Waals surface area contributed by atoms with E-state index in [0.29, 0.717) is 19.5 Å². The lowest BCUT2D eigenvalue weighted by atomic mass is 10.0. The minimum atomic E-state index is -0.504. The predicted molar refractivity (Wildman–Crippen MR) is 73.4 cm³/mol. The largest absolute Gasteiger partial charge is 0.391 e. The zero-order chi connectivity index (χ0) is 14.1. The van der Waals surface area contributed by atoms with E-state index in [0.717, 1.165) is 11.5 Å². The van der Waals surface area contributed by atoms with E-state index in [4.69, 9.17) is 0 Å². The third kappa shape index (κ3) is 2.32. The van der Waals surface area contributed by atoms with Gasteiger partial charge in [0.15, 0.2) is 5.65 Å². The number of aromatic nitrogens is 3. The number of anilines is 1. The predicted octanol–water partition coefficient (Wildman–Crippen LogP) is -0.338. The minimum absolute atomic E-state index is 0.0462. The first-order valence-corrected chi connectivity index (χ1v) is 6.61. The molecule has 2 aromatic rings. The monoisotopic (exact) mass is 275 g/mol. The lowest BCUT2D eigenvalue weighted by Crippen LogP contribution is -2.27. The summed E-state index contributed by atoms with van der Waals surface area (Å²) in [7, 11) is 1.61. The highest BCUT2D eigenvalue weighted by atomic mass is 16.3. The number of carbonyl (C=O) groups is 1. The fourth-order valence-corrected chi connectivity index (χ4v) is 2.56. The highest BCUT2D eigenvalue weighted by Gasteiger charge is 2.33. The third-order valence-corrected chi connectivity index (χ3v) is 3.70. The van der Waals surface area contributed by atoms with Gasteiger partial charge in [0, 0.05) is 44.7 Å². The van der Waals surface area contributed by atoms with Crippen LogP contribution in [0.1, 0.15) is 6.42 Å². The molecule has 7 nitrogen and oxygen atoms in total. The van der Waals surface area contributed by atoms with Crippen molar-refractivity contribution in [1.82, 2.24) is 19.9 Å². The van der Waals surface area contributed by atoms with Gasteiger partial charge in [-0.1, -0.05) is 0 Å². The summed E-state index contributed by atoms with van der Waals surface area (Å²) in [6.07, 6.45) is 3.37. The Morgan fingerprint density at radius 1 is 1.50 bits per heavy atom. The van der Waals surface area contributed by atoms with E-state index in [2.05, 4.69) is 15.4 Å². The molecule has 0 aliphatic carbocycles. The molecule has 106 valence electrons. The average Bonchev–Trinajstić information content (AvgIpc) is 3.05. The molecule has 1 aliphatic rings. The molecular weight excluding hydrogens is 258 g/mol. The highest BCUT2D eigenvalue weighted by molar-refractivity contribution is 5.76. The zero-order valence-corrected chi connectivity index (χ0v) is 11.2. The third-order valence-electron chi connectivity index (χ3n) is 3.70. The van der Waals surface area contributed by atoms with Crippen molar-refractivity contribution in [2.24, 2.45) is 5.92 Å². The summed E-state index contributed by atoms with van der Waals surface area (Å²) >= 11 is 0. The van der Waals surface area contributed by atoms with E-state index in [1.54, 1.807) is 17.8 Å². The first-order valence-electron chi connectivity index (χ1n) is 6.61. The van der Waals surface area contributed by atoms with Crippen molar-refractivity contribution in [3.8, 4) is 0 Å². The zero-order valence-electron chi connectivity index (χ0n) is 11.2. The van der Waals surface area contributed by atoms with Gasteiger partial charge in [-0.05, 0) is 6.07 Å². The quantitative estimate of drug-likeness (QED) is 0.801. The van der Waals surface area contributed by atoms with E-state index < -0.39 is 6.10 Å². The van der Waals surface area contributed by atoms with Crippen LogP contribution in [-0.4, -0.2) is 51.9 Å². The lowest BCUT2D eigenvalue weighted by Gasteiger charge is -2.16. The number of rotatable bonds is 3. The number of amides is 1. The molecule has 2 N–H and O–H groups in total. The molecule has 7 heteroatoms. The molecule has 0 radical (unpaired) electrons. The molecule has 20 heavy (non-hydrogen) atoms. The van der Waals surface area contributed by atoms with Gasteiger partial charge in [0.2, 0.25) is 5.91 Å². The van der Waals surface area contributed by atoms with Crippen LogP contribution in [0, 0.1) is 5.92 Å². The first-order chi connectivity index (χ1) is 9.67. The Balaban J connectivity index is 1.76. The maximum absolute atomic E-state index is 11.4. The summed E-state index contributed by atoms with van der Waals surface area (Å²) in [5.74, 6) is 0.699. The van der Waals surface area contributed by atoms with Crippen LogP contribution in [0.4, 0.5) is 5.82 Å². The van der Waals surface area contributed by atoms with Gasteiger partial charge >= 0.3 is 0 Å². The number of aliphatic hydroxyl groups is 1. The molecule has 0 unspecified atom stereocenters.